The quantitative estimate of drug-likeness (QED) is 0.721. The van der Waals surface area contributed by atoms with Crippen LogP contribution in [0, 0.1) is 0 Å². The second-order valence-corrected chi connectivity index (χ2v) is 7.57. The number of anilines is 1. The average Bonchev–Trinajstić information content (AvgIpc) is 2.63. The van der Waals surface area contributed by atoms with Crippen molar-refractivity contribution in [2.24, 2.45) is 0 Å². The lowest BCUT2D eigenvalue weighted by Gasteiger charge is -2.20. The molecule has 6 nitrogen and oxygen atoms in total. The third-order valence-electron chi connectivity index (χ3n) is 3.70. The summed E-state index contributed by atoms with van der Waals surface area (Å²) >= 11 is 0. The van der Waals surface area contributed by atoms with E-state index in [9.17, 15) is 13.2 Å². The maximum atomic E-state index is 12.3. The van der Waals surface area contributed by atoms with Gasteiger partial charge >= 0.3 is 0 Å². The van der Waals surface area contributed by atoms with Gasteiger partial charge in [0.2, 0.25) is 10.0 Å². The van der Waals surface area contributed by atoms with Gasteiger partial charge in [-0.15, -0.1) is 6.58 Å². The predicted octanol–water partition coefficient (Wildman–Crippen LogP) is 2.58. The lowest BCUT2D eigenvalue weighted by Crippen LogP contribution is -2.30. The number of rotatable bonds is 8. The van der Waals surface area contributed by atoms with Crippen LogP contribution in [0.3, 0.4) is 0 Å². The largest absolute Gasteiger partial charge is 0.497 e. The van der Waals surface area contributed by atoms with Crippen LogP contribution in [0.25, 0.3) is 0 Å². The number of benzene rings is 2. The first kappa shape index (κ1) is 19.5. The number of hydrogen-bond donors (Lipinski definition) is 1. The van der Waals surface area contributed by atoms with Gasteiger partial charge in [-0.2, -0.15) is 0 Å². The zero-order valence-corrected chi connectivity index (χ0v) is 15.6. The van der Waals surface area contributed by atoms with Crippen molar-refractivity contribution in [2.75, 3.05) is 24.2 Å². The Hall–Kier alpha value is -2.80. The monoisotopic (exact) mass is 374 g/mol. The summed E-state index contributed by atoms with van der Waals surface area (Å²) in [6.07, 6.45) is 2.64. The van der Waals surface area contributed by atoms with E-state index < -0.39 is 10.0 Å². The third kappa shape index (κ3) is 5.10. The van der Waals surface area contributed by atoms with Gasteiger partial charge in [0.25, 0.3) is 5.91 Å². The summed E-state index contributed by atoms with van der Waals surface area (Å²) in [6, 6.07) is 13.8. The smallest absolute Gasteiger partial charge is 0.251 e. The number of hydrogen-bond acceptors (Lipinski definition) is 4. The highest BCUT2D eigenvalue weighted by Crippen LogP contribution is 2.18. The molecule has 0 saturated carbocycles. The molecule has 0 bridgehead atoms. The number of methoxy groups -OCH3 is 1. The Balaban J connectivity index is 2.07. The molecule has 26 heavy (non-hydrogen) atoms. The standard InChI is InChI=1S/C19H22N2O4S/c1-4-12-21(26(3,23)24)17-10-8-16(9-11-17)19(22)20-14-15-6-5-7-18(13-15)25-2/h4-11,13H,1,12,14H2,2-3H3,(H,20,22). The molecular formula is C19H22N2O4S. The van der Waals surface area contributed by atoms with Crippen LogP contribution in [0.5, 0.6) is 5.75 Å². The van der Waals surface area contributed by atoms with Crippen LogP contribution < -0.4 is 14.4 Å². The van der Waals surface area contributed by atoms with E-state index in [1.807, 2.05) is 24.3 Å². The highest BCUT2D eigenvalue weighted by Gasteiger charge is 2.16. The zero-order chi connectivity index (χ0) is 19.2. The molecule has 0 spiro atoms. The Labute approximate surface area is 154 Å². The molecule has 0 aromatic heterocycles. The summed E-state index contributed by atoms with van der Waals surface area (Å²) in [6.45, 7) is 4.10. The van der Waals surface area contributed by atoms with E-state index in [0.717, 1.165) is 17.6 Å². The summed E-state index contributed by atoms with van der Waals surface area (Å²) in [5, 5.41) is 2.83. The molecule has 2 rings (SSSR count). The maximum absolute atomic E-state index is 12.3. The van der Waals surface area contributed by atoms with Gasteiger partial charge in [-0.05, 0) is 42.0 Å². The normalized spacial score (nSPS) is 10.8. The minimum atomic E-state index is -3.42. The number of nitrogens with one attached hydrogen (secondary N) is 1. The Kier molecular flexibility index (Phi) is 6.41. The Morgan fingerprint density at radius 3 is 2.50 bits per heavy atom. The van der Waals surface area contributed by atoms with Crippen molar-refractivity contribution in [1.29, 1.82) is 0 Å². The number of amides is 1. The van der Waals surface area contributed by atoms with Crippen LogP contribution >= 0.6 is 0 Å². The van der Waals surface area contributed by atoms with Crippen molar-refractivity contribution >= 4 is 21.6 Å². The molecule has 1 N–H and O–H groups in total. The molecule has 0 fully saturated rings. The van der Waals surface area contributed by atoms with Crippen LogP contribution in [0.1, 0.15) is 15.9 Å². The predicted molar refractivity (Wildman–Crippen MR) is 103 cm³/mol. The van der Waals surface area contributed by atoms with Gasteiger partial charge in [-0.1, -0.05) is 18.2 Å². The van der Waals surface area contributed by atoms with Crippen molar-refractivity contribution < 1.29 is 17.9 Å². The molecule has 1 amide bonds. The van der Waals surface area contributed by atoms with Gasteiger partial charge < -0.3 is 10.1 Å². The van der Waals surface area contributed by atoms with Crippen molar-refractivity contribution in [3.63, 3.8) is 0 Å². The summed E-state index contributed by atoms with van der Waals surface area (Å²) in [7, 11) is -1.83. The van der Waals surface area contributed by atoms with Gasteiger partial charge in [0, 0.05) is 12.1 Å². The lowest BCUT2D eigenvalue weighted by atomic mass is 10.1. The molecule has 2 aromatic carbocycles. The highest BCUT2D eigenvalue weighted by atomic mass is 32.2. The molecule has 138 valence electrons. The molecule has 0 aliphatic carbocycles. The van der Waals surface area contributed by atoms with E-state index in [2.05, 4.69) is 11.9 Å². The maximum Gasteiger partial charge on any atom is 0.251 e. The second-order valence-electron chi connectivity index (χ2n) is 5.66. The van der Waals surface area contributed by atoms with Gasteiger partial charge in [0.15, 0.2) is 0 Å². The van der Waals surface area contributed by atoms with Gasteiger partial charge in [-0.25, -0.2) is 8.42 Å². The third-order valence-corrected chi connectivity index (χ3v) is 4.86. The van der Waals surface area contributed by atoms with Crippen LogP contribution in [0.2, 0.25) is 0 Å². The van der Waals surface area contributed by atoms with Gasteiger partial charge in [0.05, 0.1) is 25.6 Å². The molecular weight excluding hydrogens is 352 g/mol. The van der Waals surface area contributed by atoms with Crippen LogP contribution in [0.4, 0.5) is 5.69 Å². The van der Waals surface area contributed by atoms with E-state index in [1.165, 1.54) is 10.4 Å². The molecule has 0 radical (unpaired) electrons. The summed E-state index contributed by atoms with van der Waals surface area (Å²) < 4.78 is 30.1. The molecule has 0 saturated heterocycles. The fourth-order valence-electron chi connectivity index (χ4n) is 2.40. The fourth-order valence-corrected chi connectivity index (χ4v) is 3.28. The van der Waals surface area contributed by atoms with Crippen LogP contribution in [-0.2, 0) is 16.6 Å². The van der Waals surface area contributed by atoms with Crippen LogP contribution in [0.15, 0.2) is 61.2 Å². The average molecular weight is 374 g/mol. The van der Waals surface area contributed by atoms with Crippen LogP contribution in [-0.4, -0.2) is 34.2 Å². The summed E-state index contributed by atoms with van der Waals surface area (Å²) in [5.74, 6) is 0.484. The molecule has 0 atom stereocenters. The lowest BCUT2D eigenvalue weighted by molar-refractivity contribution is 0.0951. The minimum absolute atomic E-state index is 0.167. The minimum Gasteiger partial charge on any atom is -0.497 e. The van der Waals surface area contributed by atoms with E-state index in [0.29, 0.717) is 17.8 Å². The molecule has 0 aliphatic heterocycles. The fraction of sp³-hybridized carbons (Fsp3) is 0.211. The van der Waals surface area contributed by atoms with E-state index >= 15 is 0 Å². The SMILES string of the molecule is C=CCN(c1ccc(C(=O)NCc2cccc(OC)c2)cc1)S(C)(=O)=O. The number of carbonyl (C=O) groups is 1. The second kappa shape index (κ2) is 8.53. The molecule has 0 heterocycles. The van der Waals surface area contributed by atoms with E-state index in [4.69, 9.17) is 4.74 Å². The first-order valence-corrected chi connectivity index (χ1v) is 9.80. The number of sulfonamides is 1. The van der Waals surface area contributed by atoms with E-state index in [1.54, 1.807) is 31.4 Å². The topological polar surface area (TPSA) is 75.7 Å². The molecule has 0 aliphatic rings. The Morgan fingerprint density at radius 2 is 1.92 bits per heavy atom. The highest BCUT2D eigenvalue weighted by molar-refractivity contribution is 7.92. The molecule has 0 unspecified atom stereocenters. The summed E-state index contributed by atoms with van der Waals surface area (Å²) in [4.78, 5) is 12.3. The zero-order valence-electron chi connectivity index (χ0n) is 14.8. The first-order valence-electron chi connectivity index (χ1n) is 7.95. The molecule has 2 aromatic rings. The summed E-state index contributed by atoms with van der Waals surface area (Å²) in [5.41, 5.74) is 1.85. The Morgan fingerprint density at radius 1 is 1.23 bits per heavy atom. The number of carbonyl (C=O) groups excluding carboxylic acids is 1. The first-order chi connectivity index (χ1) is 12.3. The Bertz CT molecular complexity index is 877. The van der Waals surface area contributed by atoms with Gasteiger partial charge in [-0.3, -0.25) is 9.10 Å². The van der Waals surface area contributed by atoms with Crippen molar-refractivity contribution in [3.05, 3.63) is 72.3 Å². The van der Waals surface area contributed by atoms with Crippen molar-refractivity contribution in [1.82, 2.24) is 5.32 Å². The number of nitrogens with zero attached hydrogens (tertiary/aromatic N) is 1. The van der Waals surface area contributed by atoms with Gasteiger partial charge in [0.1, 0.15) is 5.75 Å². The number of ether oxygens (including phenoxy) is 1. The molecule has 7 heteroatoms. The van der Waals surface area contributed by atoms with Crippen molar-refractivity contribution in [3.8, 4) is 5.75 Å². The van der Waals surface area contributed by atoms with Crippen molar-refractivity contribution in [2.45, 2.75) is 6.54 Å². The van der Waals surface area contributed by atoms with E-state index in [-0.39, 0.29) is 12.5 Å².